The summed E-state index contributed by atoms with van der Waals surface area (Å²) in [6.07, 6.45) is 0. The summed E-state index contributed by atoms with van der Waals surface area (Å²) >= 11 is 0. The second-order valence-electron chi connectivity index (χ2n) is 8.47. The standard InChI is InChI=1S/C30H19N5/c1-3-8-20(9-4-1)25-18-16-21-14-15-22-17-19-26(32-29(22)28(21)31-25)24-12-7-13-27-30(24)34-35(33-27)23-10-5-2-6-11-23/h1-19H. The number of aromatic nitrogens is 5. The maximum atomic E-state index is 5.10. The molecule has 0 amide bonds. The molecule has 0 aliphatic rings. The van der Waals surface area contributed by atoms with Gasteiger partial charge < -0.3 is 0 Å². The van der Waals surface area contributed by atoms with Crippen LogP contribution in [0.1, 0.15) is 0 Å². The molecule has 0 radical (unpaired) electrons. The van der Waals surface area contributed by atoms with Crippen LogP contribution in [-0.4, -0.2) is 25.0 Å². The summed E-state index contributed by atoms with van der Waals surface area (Å²) in [5.41, 5.74) is 8.17. The van der Waals surface area contributed by atoms with Gasteiger partial charge >= 0.3 is 0 Å². The minimum atomic E-state index is 0.821. The van der Waals surface area contributed by atoms with Gasteiger partial charge in [0.15, 0.2) is 0 Å². The minimum Gasteiger partial charge on any atom is -0.245 e. The van der Waals surface area contributed by atoms with Crippen LogP contribution in [0, 0.1) is 0 Å². The molecule has 0 saturated heterocycles. The molecule has 5 heteroatoms. The molecule has 7 rings (SSSR count). The molecule has 3 heterocycles. The summed E-state index contributed by atoms with van der Waals surface area (Å²) in [5, 5.41) is 11.6. The monoisotopic (exact) mass is 449 g/mol. The smallest absolute Gasteiger partial charge is 0.123 e. The molecule has 0 unspecified atom stereocenters. The number of benzene rings is 4. The summed E-state index contributed by atoms with van der Waals surface area (Å²) in [6.45, 7) is 0. The van der Waals surface area contributed by atoms with E-state index in [-0.39, 0.29) is 0 Å². The van der Waals surface area contributed by atoms with Gasteiger partial charge in [-0.05, 0) is 30.3 Å². The molecular formula is C30H19N5. The van der Waals surface area contributed by atoms with Gasteiger partial charge in [0.25, 0.3) is 0 Å². The Morgan fingerprint density at radius 2 is 1.09 bits per heavy atom. The van der Waals surface area contributed by atoms with Crippen molar-refractivity contribution < 1.29 is 0 Å². The number of pyridine rings is 2. The van der Waals surface area contributed by atoms with Crippen LogP contribution in [0.4, 0.5) is 0 Å². The first-order chi connectivity index (χ1) is 17.3. The largest absolute Gasteiger partial charge is 0.245 e. The van der Waals surface area contributed by atoms with Gasteiger partial charge in [-0.2, -0.15) is 4.80 Å². The van der Waals surface area contributed by atoms with Gasteiger partial charge in [0.2, 0.25) is 0 Å². The van der Waals surface area contributed by atoms with E-state index in [0.717, 1.165) is 61.0 Å². The van der Waals surface area contributed by atoms with Crippen LogP contribution in [0.2, 0.25) is 0 Å². The number of fused-ring (bicyclic) bond motifs is 4. The lowest BCUT2D eigenvalue weighted by atomic mass is 10.0. The lowest BCUT2D eigenvalue weighted by Crippen LogP contribution is -1.97. The van der Waals surface area contributed by atoms with Gasteiger partial charge in [-0.1, -0.05) is 84.9 Å². The normalized spacial score (nSPS) is 11.4. The maximum absolute atomic E-state index is 5.10. The third-order valence-corrected chi connectivity index (χ3v) is 6.26. The predicted molar refractivity (Wildman–Crippen MR) is 140 cm³/mol. The molecule has 0 N–H and O–H groups in total. The second kappa shape index (κ2) is 7.85. The average Bonchev–Trinajstić information content (AvgIpc) is 3.38. The minimum absolute atomic E-state index is 0.821. The molecule has 0 bridgehead atoms. The highest BCUT2D eigenvalue weighted by Gasteiger charge is 2.13. The quantitative estimate of drug-likeness (QED) is 0.277. The Hall–Kier alpha value is -4.90. The van der Waals surface area contributed by atoms with E-state index in [2.05, 4.69) is 48.5 Å². The Kier molecular flexibility index (Phi) is 4.39. The van der Waals surface area contributed by atoms with E-state index in [1.807, 2.05) is 66.7 Å². The fourth-order valence-electron chi connectivity index (χ4n) is 4.51. The van der Waals surface area contributed by atoms with E-state index in [4.69, 9.17) is 20.2 Å². The van der Waals surface area contributed by atoms with Crippen molar-refractivity contribution >= 4 is 32.8 Å². The van der Waals surface area contributed by atoms with Gasteiger partial charge in [-0.3, -0.25) is 0 Å². The number of rotatable bonds is 3. The topological polar surface area (TPSA) is 56.5 Å². The Labute approximate surface area is 201 Å². The van der Waals surface area contributed by atoms with Crippen LogP contribution in [0.15, 0.2) is 115 Å². The van der Waals surface area contributed by atoms with Crippen molar-refractivity contribution in [3.8, 4) is 28.2 Å². The van der Waals surface area contributed by atoms with Gasteiger partial charge in [0.1, 0.15) is 11.0 Å². The summed E-state index contributed by atoms with van der Waals surface area (Å²) in [6, 6.07) is 38.8. The first-order valence-corrected chi connectivity index (χ1v) is 11.5. The SMILES string of the molecule is c1ccc(-c2ccc3ccc4ccc(-c5cccc6nn(-c7ccccc7)nc56)nc4c3n2)cc1. The van der Waals surface area contributed by atoms with Crippen LogP contribution in [-0.2, 0) is 0 Å². The summed E-state index contributed by atoms with van der Waals surface area (Å²) in [7, 11) is 0. The third kappa shape index (κ3) is 3.33. The summed E-state index contributed by atoms with van der Waals surface area (Å²) in [5.74, 6) is 0. The molecule has 4 aromatic carbocycles. The fourth-order valence-corrected chi connectivity index (χ4v) is 4.51. The molecule has 3 aromatic heterocycles. The highest BCUT2D eigenvalue weighted by molar-refractivity contribution is 6.04. The zero-order valence-electron chi connectivity index (χ0n) is 18.7. The van der Waals surface area contributed by atoms with Crippen molar-refractivity contribution in [2.75, 3.05) is 0 Å². The molecule has 0 fully saturated rings. The van der Waals surface area contributed by atoms with E-state index in [1.54, 1.807) is 4.80 Å². The Morgan fingerprint density at radius 3 is 1.83 bits per heavy atom. The van der Waals surface area contributed by atoms with Gasteiger partial charge in [-0.25, -0.2) is 9.97 Å². The number of hydrogen-bond donors (Lipinski definition) is 0. The van der Waals surface area contributed by atoms with Gasteiger partial charge in [0.05, 0.1) is 28.1 Å². The summed E-state index contributed by atoms with van der Waals surface area (Å²) < 4.78 is 0. The second-order valence-corrected chi connectivity index (χ2v) is 8.47. The zero-order valence-corrected chi connectivity index (χ0v) is 18.7. The molecule has 0 aliphatic carbocycles. The Morgan fingerprint density at radius 1 is 0.457 bits per heavy atom. The molecule has 0 aliphatic heterocycles. The van der Waals surface area contributed by atoms with Crippen molar-refractivity contribution in [2.24, 2.45) is 0 Å². The van der Waals surface area contributed by atoms with Crippen LogP contribution < -0.4 is 0 Å². The van der Waals surface area contributed by atoms with E-state index >= 15 is 0 Å². The highest BCUT2D eigenvalue weighted by atomic mass is 15.5. The lowest BCUT2D eigenvalue weighted by Gasteiger charge is -2.08. The van der Waals surface area contributed by atoms with Crippen LogP contribution in [0.3, 0.4) is 0 Å². The average molecular weight is 450 g/mol. The van der Waals surface area contributed by atoms with E-state index < -0.39 is 0 Å². The van der Waals surface area contributed by atoms with Crippen LogP contribution in [0.25, 0.3) is 61.0 Å². The third-order valence-electron chi connectivity index (χ3n) is 6.26. The molecule has 0 atom stereocenters. The molecule has 5 nitrogen and oxygen atoms in total. The molecule has 0 saturated carbocycles. The van der Waals surface area contributed by atoms with E-state index in [1.165, 1.54) is 0 Å². The van der Waals surface area contributed by atoms with Crippen molar-refractivity contribution in [1.29, 1.82) is 0 Å². The Bertz CT molecular complexity index is 1840. The zero-order chi connectivity index (χ0) is 23.2. The van der Waals surface area contributed by atoms with E-state index in [0.29, 0.717) is 0 Å². The molecular weight excluding hydrogens is 430 g/mol. The predicted octanol–water partition coefficient (Wildman–Crippen LogP) is 6.85. The number of hydrogen-bond acceptors (Lipinski definition) is 4. The summed E-state index contributed by atoms with van der Waals surface area (Å²) in [4.78, 5) is 11.8. The van der Waals surface area contributed by atoms with Crippen molar-refractivity contribution in [1.82, 2.24) is 25.0 Å². The molecule has 35 heavy (non-hydrogen) atoms. The van der Waals surface area contributed by atoms with Crippen molar-refractivity contribution in [3.63, 3.8) is 0 Å². The maximum Gasteiger partial charge on any atom is 0.123 e. The Balaban J connectivity index is 1.42. The fraction of sp³-hybridized carbons (Fsp3) is 0. The van der Waals surface area contributed by atoms with Gasteiger partial charge in [-0.15, -0.1) is 10.2 Å². The first-order valence-electron chi connectivity index (χ1n) is 11.5. The van der Waals surface area contributed by atoms with Crippen molar-refractivity contribution in [2.45, 2.75) is 0 Å². The molecule has 164 valence electrons. The van der Waals surface area contributed by atoms with Gasteiger partial charge in [0, 0.05) is 21.9 Å². The van der Waals surface area contributed by atoms with Crippen molar-refractivity contribution in [3.05, 3.63) is 115 Å². The molecule has 7 aromatic rings. The van der Waals surface area contributed by atoms with Crippen LogP contribution >= 0.6 is 0 Å². The first kappa shape index (κ1) is 19.6. The highest BCUT2D eigenvalue weighted by Crippen LogP contribution is 2.31. The lowest BCUT2D eigenvalue weighted by molar-refractivity contribution is 0.766. The molecule has 0 spiro atoms. The number of para-hydroxylation sites is 1. The van der Waals surface area contributed by atoms with E-state index in [9.17, 15) is 0 Å². The number of nitrogens with zero attached hydrogens (tertiary/aromatic N) is 5. The van der Waals surface area contributed by atoms with Crippen LogP contribution in [0.5, 0.6) is 0 Å².